The number of carbonyl (C=O) groups excluding carboxylic acids is 1. The second-order valence-electron chi connectivity index (χ2n) is 5.93. The number of imidazole rings is 1. The summed E-state index contributed by atoms with van der Waals surface area (Å²) in [5, 5.41) is 31.2. The molecule has 9 heteroatoms. The number of aliphatic carboxylic acids is 1. The number of nitrogens with one attached hydrogen (secondary N) is 1. The summed E-state index contributed by atoms with van der Waals surface area (Å²) in [7, 11) is 0. The van der Waals surface area contributed by atoms with E-state index in [0.29, 0.717) is 11.3 Å². The molecule has 9 nitrogen and oxygen atoms in total. The van der Waals surface area contributed by atoms with Gasteiger partial charge < -0.3 is 30.9 Å². The Balaban J connectivity index is 2.13. The highest BCUT2D eigenvalue weighted by Crippen LogP contribution is 2.30. The van der Waals surface area contributed by atoms with Gasteiger partial charge in [-0.25, -0.2) is 9.78 Å². The number of aromatic nitrogens is 2. The minimum atomic E-state index is -1.16. The summed E-state index contributed by atoms with van der Waals surface area (Å²) in [5.41, 5.74) is 6.26. The van der Waals surface area contributed by atoms with Crippen LogP contribution in [0.1, 0.15) is 30.6 Å². The molecule has 2 atom stereocenters. The van der Waals surface area contributed by atoms with E-state index in [1.807, 2.05) is 0 Å². The van der Waals surface area contributed by atoms with Gasteiger partial charge in [0.25, 0.3) is 0 Å². The van der Waals surface area contributed by atoms with E-state index >= 15 is 0 Å². The zero-order chi connectivity index (χ0) is 19.3. The van der Waals surface area contributed by atoms with Gasteiger partial charge in [0.2, 0.25) is 5.91 Å². The molecule has 0 spiro atoms. The highest BCUT2D eigenvalue weighted by molar-refractivity contribution is 5.83. The summed E-state index contributed by atoms with van der Waals surface area (Å²) in [5.74, 6) is -1.54. The fourth-order valence-electron chi connectivity index (χ4n) is 2.54. The van der Waals surface area contributed by atoms with Crippen LogP contribution in [-0.2, 0) is 16.0 Å². The Kier molecular flexibility index (Phi) is 6.18. The summed E-state index contributed by atoms with van der Waals surface area (Å²) < 4.78 is 1.68. The molecule has 0 fully saturated rings. The lowest BCUT2D eigenvalue weighted by Gasteiger charge is -2.15. The number of phenolic OH excluding ortho intramolecular Hbond substituents is 2. The monoisotopic (exact) mass is 362 g/mol. The SMILES string of the molecule is CC(c1cc(O)ccc1O)n1cnc(CC(NC(=O)CCN)C(=O)O)c1. The Hall–Kier alpha value is -3.07. The minimum Gasteiger partial charge on any atom is -0.508 e. The Morgan fingerprint density at radius 3 is 2.73 bits per heavy atom. The van der Waals surface area contributed by atoms with Gasteiger partial charge in [-0.2, -0.15) is 0 Å². The first-order valence-corrected chi connectivity index (χ1v) is 8.08. The number of hydrogen-bond acceptors (Lipinski definition) is 6. The topological polar surface area (TPSA) is 151 Å². The number of phenols is 2. The van der Waals surface area contributed by atoms with Crippen molar-refractivity contribution in [3.05, 3.63) is 42.0 Å². The largest absolute Gasteiger partial charge is 0.508 e. The first-order valence-electron chi connectivity index (χ1n) is 8.08. The molecule has 0 saturated heterocycles. The zero-order valence-electron chi connectivity index (χ0n) is 14.3. The summed E-state index contributed by atoms with van der Waals surface area (Å²) in [6, 6.07) is 2.78. The molecule has 1 heterocycles. The van der Waals surface area contributed by atoms with Crippen LogP contribution in [0.25, 0.3) is 0 Å². The van der Waals surface area contributed by atoms with Crippen molar-refractivity contribution >= 4 is 11.9 Å². The fraction of sp³-hybridized carbons (Fsp3) is 0.353. The molecule has 0 bridgehead atoms. The van der Waals surface area contributed by atoms with Gasteiger partial charge in [-0.1, -0.05) is 0 Å². The third-order valence-corrected chi connectivity index (χ3v) is 3.98. The van der Waals surface area contributed by atoms with Crippen LogP contribution in [0, 0.1) is 0 Å². The van der Waals surface area contributed by atoms with Gasteiger partial charge in [0.15, 0.2) is 0 Å². The lowest BCUT2D eigenvalue weighted by Crippen LogP contribution is -2.42. The quantitative estimate of drug-likeness (QED) is 0.425. The summed E-state index contributed by atoms with van der Waals surface area (Å²) in [6.07, 6.45) is 3.20. The normalized spacial score (nSPS) is 13.2. The maximum absolute atomic E-state index is 11.6. The second-order valence-corrected chi connectivity index (χ2v) is 5.93. The summed E-state index contributed by atoms with van der Waals surface area (Å²) >= 11 is 0. The predicted octanol–water partition coefficient (Wildman–Crippen LogP) is 0.364. The van der Waals surface area contributed by atoms with Crippen LogP contribution in [-0.4, -0.2) is 49.3 Å². The number of carboxylic acids is 1. The number of carbonyl (C=O) groups is 2. The van der Waals surface area contributed by atoms with Gasteiger partial charge in [0.1, 0.15) is 17.5 Å². The Morgan fingerprint density at radius 1 is 1.35 bits per heavy atom. The number of nitrogens with zero attached hydrogens (tertiary/aromatic N) is 2. The van der Waals surface area contributed by atoms with Crippen molar-refractivity contribution in [3.63, 3.8) is 0 Å². The van der Waals surface area contributed by atoms with Crippen LogP contribution >= 0.6 is 0 Å². The number of nitrogens with two attached hydrogens (primary N) is 1. The van der Waals surface area contributed by atoms with Crippen molar-refractivity contribution in [1.82, 2.24) is 14.9 Å². The number of aromatic hydroxyl groups is 2. The van der Waals surface area contributed by atoms with Crippen molar-refractivity contribution in [2.24, 2.45) is 5.73 Å². The molecule has 0 radical (unpaired) electrons. The number of benzene rings is 1. The van der Waals surface area contributed by atoms with Crippen molar-refractivity contribution in [3.8, 4) is 11.5 Å². The predicted molar refractivity (Wildman–Crippen MR) is 92.8 cm³/mol. The maximum Gasteiger partial charge on any atom is 0.326 e. The molecule has 0 aliphatic rings. The highest BCUT2D eigenvalue weighted by atomic mass is 16.4. The molecular formula is C17H22N4O5. The molecule has 2 aromatic rings. The Morgan fingerprint density at radius 2 is 2.08 bits per heavy atom. The minimum absolute atomic E-state index is 0.0113. The first kappa shape index (κ1) is 19.3. The third kappa shape index (κ3) is 4.73. The van der Waals surface area contributed by atoms with Gasteiger partial charge in [-0.15, -0.1) is 0 Å². The maximum atomic E-state index is 11.6. The van der Waals surface area contributed by atoms with Crippen LogP contribution in [0.5, 0.6) is 11.5 Å². The van der Waals surface area contributed by atoms with Crippen LogP contribution in [0.4, 0.5) is 0 Å². The van der Waals surface area contributed by atoms with Gasteiger partial charge in [0, 0.05) is 31.1 Å². The number of amides is 1. The first-order chi connectivity index (χ1) is 12.3. The van der Waals surface area contributed by atoms with Gasteiger partial charge in [0.05, 0.1) is 18.1 Å². The van der Waals surface area contributed by atoms with Gasteiger partial charge >= 0.3 is 5.97 Å². The van der Waals surface area contributed by atoms with E-state index < -0.39 is 17.9 Å². The van der Waals surface area contributed by atoms with Crippen LogP contribution in [0.3, 0.4) is 0 Å². The van der Waals surface area contributed by atoms with E-state index in [1.165, 1.54) is 24.5 Å². The zero-order valence-corrected chi connectivity index (χ0v) is 14.3. The standard InChI is InChI=1S/C17H22N4O5/c1-10(13-7-12(22)2-3-15(13)23)21-8-11(19-9-21)6-14(17(25)26)20-16(24)4-5-18/h2-3,7-10,14,22-23H,4-6,18H2,1H3,(H,20,24)(H,25,26). The average molecular weight is 362 g/mol. The van der Waals surface area contributed by atoms with E-state index in [9.17, 15) is 24.9 Å². The molecule has 26 heavy (non-hydrogen) atoms. The smallest absolute Gasteiger partial charge is 0.326 e. The summed E-state index contributed by atoms with van der Waals surface area (Å²) in [6.45, 7) is 1.94. The lowest BCUT2D eigenvalue weighted by atomic mass is 10.1. The molecule has 1 aromatic heterocycles. The van der Waals surface area contributed by atoms with Gasteiger partial charge in [-0.05, 0) is 25.1 Å². The van der Waals surface area contributed by atoms with Crippen LogP contribution in [0.2, 0.25) is 0 Å². The molecule has 0 saturated carbocycles. The Bertz CT molecular complexity index is 789. The van der Waals surface area contributed by atoms with E-state index in [-0.39, 0.29) is 36.9 Å². The third-order valence-electron chi connectivity index (χ3n) is 3.98. The molecular weight excluding hydrogens is 340 g/mol. The molecule has 2 unspecified atom stereocenters. The molecule has 6 N–H and O–H groups in total. The number of rotatable bonds is 8. The number of carboxylic acid groups (broad SMARTS) is 1. The Labute approximate surface area is 150 Å². The van der Waals surface area contributed by atoms with E-state index in [0.717, 1.165) is 0 Å². The second kappa shape index (κ2) is 8.34. The lowest BCUT2D eigenvalue weighted by molar-refractivity contribution is -0.141. The van der Waals surface area contributed by atoms with Crippen molar-refractivity contribution in [2.45, 2.75) is 31.8 Å². The molecule has 2 rings (SSSR count). The van der Waals surface area contributed by atoms with Crippen molar-refractivity contribution in [2.75, 3.05) is 6.54 Å². The van der Waals surface area contributed by atoms with Crippen LogP contribution < -0.4 is 11.1 Å². The van der Waals surface area contributed by atoms with E-state index in [4.69, 9.17) is 5.73 Å². The highest BCUT2D eigenvalue weighted by Gasteiger charge is 2.22. The van der Waals surface area contributed by atoms with Crippen molar-refractivity contribution < 1.29 is 24.9 Å². The fourth-order valence-corrected chi connectivity index (χ4v) is 2.54. The molecule has 0 aliphatic heterocycles. The van der Waals surface area contributed by atoms with Crippen molar-refractivity contribution in [1.29, 1.82) is 0 Å². The van der Waals surface area contributed by atoms with E-state index in [2.05, 4.69) is 10.3 Å². The average Bonchev–Trinajstić information content (AvgIpc) is 3.04. The molecule has 140 valence electrons. The molecule has 1 amide bonds. The van der Waals surface area contributed by atoms with Gasteiger partial charge in [-0.3, -0.25) is 4.79 Å². The molecule has 0 aliphatic carbocycles. The molecule has 1 aromatic carbocycles. The summed E-state index contributed by atoms with van der Waals surface area (Å²) in [4.78, 5) is 27.1. The van der Waals surface area contributed by atoms with Crippen LogP contribution in [0.15, 0.2) is 30.7 Å². The number of hydrogen-bond donors (Lipinski definition) is 5. The van der Waals surface area contributed by atoms with E-state index in [1.54, 1.807) is 17.7 Å².